The highest BCUT2D eigenvalue weighted by Gasteiger charge is 2.36. The molecule has 0 atom stereocenters. The molecule has 0 bridgehead atoms. The molecule has 1 N–H and O–H groups in total. The number of nitrogens with one attached hydrogen (secondary N) is 1. The van der Waals surface area contributed by atoms with Gasteiger partial charge in [-0.2, -0.15) is 0 Å². The summed E-state index contributed by atoms with van der Waals surface area (Å²) in [6, 6.07) is 20.4. The number of thioether (sulfide) groups is 1. The van der Waals surface area contributed by atoms with E-state index in [1.54, 1.807) is 60.7 Å². The molecule has 6 nitrogen and oxygen atoms in total. The summed E-state index contributed by atoms with van der Waals surface area (Å²) in [7, 11) is 0. The van der Waals surface area contributed by atoms with E-state index in [1.807, 2.05) is 18.2 Å². The second-order valence-corrected chi connectivity index (χ2v) is 8.72. The second kappa shape index (κ2) is 10.1. The molecule has 3 aromatic rings. The van der Waals surface area contributed by atoms with E-state index in [2.05, 4.69) is 5.32 Å². The first kappa shape index (κ1) is 22.9. The molecular formula is C24H16Cl2N2O4S. The SMILES string of the molecule is O=C(COc1ccc(/C=C2/SC(=O)N(c3ccc(Cl)cc3)C2=O)cc1Cl)Nc1ccccc1. The number of amides is 3. The van der Waals surface area contributed by atoms with Gasteiger partial charge in [-0.05, 0) is 71.9 Å². The number of nitrogens with zero attached hydrogens (tertiary/aromatic N) is 1. The molecule has 0 saturated carbocycles. The Kier molecular flexibility index (Phi) is 7.03. The smallest absolute Gasteiger partial charge is 0.298 e. The van der Waals surface area contributed by atoms with Crippen molar-refractivity contribution < 1.29 is 19.1 Å². The number of imide groups is 1. The maximum Gasteiger partial charge on any atom is 0.298 e. The van der Waals surface area contributed by atoms with Crippen LogP contribution in [0.4, 0.5) is 16.2 Å². The van der Waals surface area contributed by atoms with Crippen LogP contribution >= 0.6 is 35.0 Å². The van der Waals surface area contributed by atoms with Gasteiger partial charge in [-0.1, -0.05) is 47.5 Å². The van der Waals surface area contributed by atoms with Crippen molar-refractivity contribution >= 4 is 69.5 Å². The van der Waals surface area contributed by atoms with Crippen LogP contribution in [0, 0.1) is 0 Å². The molecule has 0 spiro atoms. The number of carbonyl (C=O) groups is 3. The van der Waals surface area contributed by atoms with Gasteiger partial charge in [0.25, 0.3) is 17.1 Å². The Labute approximate surface area is 204 Å². The fourth-order valence-corrected chi connectivity index (χ4v) is 4.23. The van der Waals surface area contributed by atoms with Crippen LogP contribution in [-0.2, 0) is 9.59 Å². The molecule has 3 amide bonds. The fourth-order valence-electron chi connectivity index (χ4n) is 3.02. The average molecular weight is 499 g/mol. The number of para-hydroxylation sites is 1. The molecule has 33 heavy (non-hydrogen) atoms. The number of carbonyl (C=O) groups excluding carboxylic acids is 3. The summed E-state index contributed by atoms with van der Waals surface area (Å²) in [5, 5.41) is 3.10. The van der Waals surface area contributed by atoms with Gasteiger partial charge in [-0.25, -0.2) is 4.90 Å². The summed E-state index contributed by atoms with van der Waals surface area (Å²) in [6.45, 7) is -0.214. The lowest BCUT2D eigenvalue weighted by atomic mass is 10.2. The molecule has 0 unspecified atom stereocenters. The van der Waals surface area contributed by atoms with Crippen LogP contribution in [0.2, 0.25) is 10.0 Å². The number of halogens is 2. The quantitative estimate of drug-likeness (QED) is 0.406. The van der Waals surface area contributed by atoms with Crippen molar-refractivity contribution in [2.45, 2.75) is 0 Å². The van der Waals surface area contributed by atoms with Crippen LogP contribution in [0.1, 0.15) is 5.56 Å². The van der Waals surface area contributed by atoms with Crippen LogP contribution in [-0.4, -0.2) is 23.7 Å². The van der Waals surface area contributed by atoms with Crippen molar-refractivity contribution in [3.8, 4) is 5.75 Å². The molecule has 1 aliphatic rings. The minimum Gasteiger partial charge on any atom is -0.482 e. The summed E-state index contributed by atoms with van der Waals surface area (Å²) in [5.74, 6) is -0.426. The predicted octanol–water partition coefficient (Wildman–Crippen LogP) is 6.25. The first-order valence-corrected chi connectivity index (χ1v) is 11.3. The van der Waals surface area contributed by atoms with Crippen LogP contribution in [0.5, 0.6) is 5.75 Å². The van der Waals surface area contributed by atoms with Crippen LogP contribution < -0.4 is 15.0 Å². The molecule has 0 radical (unpaired) electrons. The number of hydrogen-bond acceptors (Lipinski definition) is 5. The van der Waals surface area contributed by atoms with E-state index < -0.39 is 11.1 Å². The standard InChI is InChI=1S/C24H16Cl2N2O4S/c25-16-7-9-18(10-8-16)28-23(30)21(33-24(28)31)13-15-6-11-20(19(26)12-15)32-14-22(29)27-17-4-2-1-3-5-17/h1-13H,14H2,(H,27,29)/b21-13+. The molecule has 1 aliphatic heterocycles. The van der Waals surface area contributed by atoms with E-state index in [4.69, 9.17) is 27.9 Å². The van der Waals surface area contributed by atoms with Gasteiger partial charge in [0.05, 0.1) is 15.6 Å². The number of ether oxygens (including phenoxy) is 1. The Morgan fingerprint density at radius 2 is 1.73 bits per heavy atom. The second-order valence-electron chi connectivity index (χ2n) is 6.89. The molecule has 9 heteroatoms. The molecule has 1 saturated heterocycles. The van der Waals surface area contributed by atoms with Crippen molar-refractivity contribution in [2.75, 3.05) is 16.8 Å². The maximum absolute atomic E-state index is 12.8. The number of hydrogen-bond donors (Lipinski definition) is 1. The van der Waals surface area contributed by atoms with Gasteiger partial charge < -0.3 is 10.1 Å². The van der Waals surface area contributed by atoms with E-state index in [1.165, 1.54) is 0 Å². The third-order valence-corrected chi connectivity index (χ3v) is 5.97. The number of anilines is 2. The lowest BCUT2D eigenvalue weighted by Crippen LogP contribution is -2.27. The molecule has 0 aromatic heterocycles. The van der Waals surface area contributed by atoms with Crippen molar-refractivity contribution in [2.24, 2.45) is 0 Å². The van der Waals surface area contributed by atoms with Gasteiger partial charge in [0, 0.05) is 10.7 Å². The zero-order valence-electron chi connectivity index (χ0n) is 17.0. The minimum absolute atomic E-state index is 0.214. The topological polar surface area (TPSA) is 75.7 Å². The monoisotopic (exact) mass is 498 g/mol. The zero-order chi connectivity index (χ0) is 23.4. The van der Waals surface area contributed by atoms with Crippen LogP contribution in [0.15, 0.2) is 77.7 Å². The Balaban J connectivity index is 1.42. The summed E-state index contributed by atoms with van der Waals surface area (Å²) < 4.78 is 5.51. The van der Waals surface area contributed by atoms with E-state index in [0.29, 0.717) is 27.7 Å². The van der Waals surface area contributed by atoms with Gasteiger partial charge in [0.15, 0.2) is 6.61 Å². The van der Waals surface area contributed by atoms with Gasteiger partial charge in [-0.15, -0.1) is 0 Å². The molecule has 4 rings (SSSR count). The van der Waals surface area contributed by atoms with Crippen molar-refractivity contribution in [3.05, 3.63) is 93.3 Å². The Morgan fingerprint density at radius 1 is 1.00 bits per heavy atom. The number of benzene rings is 3. The summed E-state index contributed by atoms with van der Waals surface area (Å²) in [6.07, 6.45) is 1.58. The molecule has 1 fully saturated rings. The van der Waals surface area contributed by atoms with Gasteiger partial charge in [0.2, 0.25) is 0 Å². The molecular weight excluding hydrogens is 483 g/mol. The lowest BCUT2D eigenvalue weighted by Gasteiger charge is -2.12. The summed E-state index contributed by atoms with van der Waals surface area (Å²) in [4.78, 5) is 38.6. The molecule has 0 aliphatic carbocycles. The van der Waals surface area contributed by atoms with Crippen molar-refractivity contribution in [1.29, 1.82) is 0 Å². The van der Waals surface area contributed by atoms with E-state index in [9.17, 15) is 14.4 Å². The number of rotatable bonds is 6. The van der Waals surface area contributed by atoms with Gasteiger partial charge in [-0.3, -0.25) is 14.4 Å². The highest BCUT2D eigenvalue weighted by atomic mass is 35.5. The van der Waals surface area contributed by atoms with Crippen molar-refractivity contribution in [3.63, 3.8) is 0 Å². The first-order valence-electron chi connectivity index (χ1n) is 9.71. The van der Waals surface area contributed by atoms with E-state index >= 15 is 0 Å². The van der Waals surface area contributed by atoms with Crippen LogP contribution in [0.25, 0.3) is 6.08 Å². The Bertz CT molecular complexity index is 1250. The molecule has 1 heterocycles. The Hall–Kier alpha value is -3.26. The van der Waals surface area contributed by atoms with Gasteiger partial charge in [0.1, 0.15) is 5.75 Å². The lowest BCUT2D eigenvalue weighted by molar-refractivity contribution is -0.118. The maximum atomic E-state index is 12.8. The highest BCUT2D eigenvalue weighted by molar-refractivity contribution is 8.19. The zero-order valence-corrected chi connectivity index (χ0v) is 19.3. The van der Waals surface area contributed by atoms with Crippen molar-refractivity contribution in [1.82, 2.24) is 0 Å². The minimum atomic E-state index is -0.429. The predicted molar refractivity (Wildman–Crippen MR) is 132 cm³/mol. The largest absolute Gasteiger partial charge is 0.482 e. The fraction of sp³-hybridized carbons (Fsp3) is 0.0417. The van der Waals surface area contributed by atoms with E-state index in [0.717, 1.165) is 16.7 Å². The summed E-state index contributed by atoms with van der Waals surface area (Å²) in [5.41, 5.74) is 1.73. The third-order valence-electron chi connectivity index (χ3n) is 4.55. The first-order chi connectivity index (χ1) is 15.9. The normalized spacial score (nSPS) is 14.6. The average Bonchev–Trinajstić information content (AvgIpc) is 3.07. The molecule has 166 valence electrons. The van der Waals surface area contributed by atoms with Gasteiger partial charge >= 0.3 is 0 Å². The summed E-state index contributed by atoms with van der Waals surface area (Å²) >= 11 is 13.0. The van der Waals surface area contributed by atoms with Crippen LogP contribution in [0.3, 0.4) is 0 Å². The molecule has 3 aromatic carbocycles. The third kappa shape index (κ3) is 5.57. The van der Waals surface area contributed by atoms with E-state index in [-0.39, 0.29) is 22.4 Å². The Morgan fingerprint density at radius 3 is 2.42 bits per heavy atom. The highest BCUT2D eigenvalue weighted by Crippen LogP contribution is 2.36.